The number of hydrogen-bond donors (Lipinski definition) is 0. The third-order valence-corrected chi connectivity index (χ3v) is 5.27. The Morgan fingerprint density at radius 2 is 1.77 bits per heavy atom. The Hall–Kier alpha value is -1.81. The van der Waals surface area contributed by atoms with Crippen molar-refractivity contribution in [2.24, 2.45) is 0 Å². The van der Waals surface area contributed by atoms with Crippen molar-refractivity contribution < 1.29 is 22.8 Å². The number of carbonyl (C=O) groups excluding carboxylic acids is 2. The minimum absolute atomic E-state index is 0.111. The van der Waals surface area contributed by atoms with Gasteiger partial charge in [-0.1, -0.05) is 24.3 Å². The predicted molar refractivity (Wildman–Crippen MR) is 102 cm³/mol. The molecule has 0 saturated carbocycles. The summed E-state index contributed by atoms with van der Waals surface area (Å²) in [6.07, 6.45) is -3.15. The molecule has 134 valence electrons. The number of alkyl halides is 3. The number of hydrogen-bond acceptors (Lipinski definition) is 3. The molecule has 0 radical (unpaired) electrons. The van der Waals surface area contributed by atoms with Gasteiger partial charge in [0.15, 0.2) is 0 Å². The maximum Gasteiger partial charge on any atom is 0.416 e. The van der Waals surface area contributed by atoms with E-state index >= 15 is 0 Å². The van der Waals surface area contributed by atoms with Crippen LogP contribution in [-0.4, -0.2) is 16.0 Å². The van der Waals surface area contributed by atoms with E-state index in [1.165, 1.54) is 18.2 Å². The summed E-state index contributed by atoms with van der Waals surface area (Å²) in [5.41, 5.74) is 0.219. The monoisotopic (exact) mass is 489 g/mol. The first-order chi connectivity index (χ1) is 12.2. The van der Waals surface area contributed by atoms with Gasteiger partial charge in [0.2, 0.25) is 0 Å². The fraction of sp³-hybridized carbons (Fsp3) is 0.111. The summed E-state index contributed by atoms with van der Waals surface area (Å²) < 4.78 is 39.4. The van der Waals surface area contributed by atoms with Crippen molar-refractivity contribution in [2.45, 2.75) is 12.7 Å². The van der Waals surface area contributed by atoms with Crippen LogP contribution in [0.5, 0.6) is 0 Å². The highest BCUT2D eigenvalue weighted by atomic mass is 127. The minimum atomic E-state index is -4.46. The molecular weight excluding hydrogens is 478 g/mol. The fourth-order valence-corrected chi connectivity index (χ4v) is 3.56. The molecule has 1 saturated heterocycles. The summed E-state index contributed by atoms with van der Waals surface area (Å²) in [7, 11) is 0. The van der Waals surface area contributed by atoms with Crippen molar-refractivity contribution in [3.63, 3.8) is 0 Å². The van der Waals surface area contributed by atoms with Crippen LogP contribution in [0.4, 0.5) is 18.0 Å². The molecule has 1 aliphatic rings. The number of halogens is 4. The van der Waals surface area contributed by atoms with Crippen LogP contribution in [0.15, 0.2) is 53.4 Å². The zero-order chi connectivity index (χ0) is 18.9. The van der Waals surface area contributed by atoms with Crippen LogP contribution < -0.4 is 0 Å². The summed E-state index contributed by atoms with van der Waals surface area (Å²) in [6, 6.07) is 12.0. The summed E-state index contributed by atoms with van der Waals surface area (Å²) >= 11 is 2.88. The molecule has 26 heavy (non-hydrogen) atoms. The second-order valence-electron chi connectivity index (χ2n) is 5.52. The van der Waals surface area contributed by atoms with E-state index in [4.69, 9.17) is 0 Å². The number of nitrogens with zero attached hydrogens (tertiary/aromatic N) is 1. The van der Waals surface area contributed by atoms with E-state index in [2.05, 4.69) is 22.6 Å². The van der Waals surface area contributed by atoms with E-state index in [0.717, 1.165) is 37.9 Å². The lowest BCUT2D eigenvalue weighted by Crippen LogP contribution is -2.27. The van der Waals surface area contributed by atoms with Gasteiger partial charge in [-0.15, -0.1) is 0 Å². The van der Waals surface area contributed by atoms with Crippen molar-refractivity contribution in [3.8, 4) is 0 Å². The van der Waals surface area contributed by atoms with Crippen LogP contribution in [0, 0.1) is 3.57 Å². The highest BCUT2D eigenvalue weighted by Crippen LogP contribution is 2.35. The first-order valence-electron chi connectivity index (χ1n) is 7.41. The van der Waals surface area contributed by atoms with Crippen LogP contribution in [0.1, 0.15) is 16.7 Å². The quantitative estimate of drug-likeness (QED) is 0.420. The van der Waals surface area contributed by atoms with Gasteiger partial charge in [-0.3, -0.25) is 14.5 Å². The highest BCUT2D eigenvalue weighted by molar-refractivity contribution is 14.1. The average Bonchev–Trinajstić information content (AvgIpc) is 2.84. The van der Waals surface area contributed by atoms with E-state index in [-0.39, 0.29) is 17.0 Å². The molecule has 0 aromatic heterocycles. The summed E-state index contributed by atoms with van der Waals surface area (Å²) in [6.45, 7) is 0.127. The molecule has 8 heteroatoms. The van der Waals surface area contributed by atoms with Gasteiger partial charge >= 0.3 is 6.18 Å². The molecule has 0 aliphatic carbocycles. The second kappa shape index (κ2) is 7.43. The number of benzene rings is 2. The molecule has 1 aliphatic heterocycles. The molecule has 0 N–H and O–H groups in total. The van der Waals surface area contributed by atoms with E-state index in [1.807, 2.05) is 24.3 Å². The van der Waals surface area contributed by atoms with Gasteiger partial charge in [0, 0.05) is 3.57 Å². The second-order valence-corrected chi connectivity index (χ2v) is 7.76. The Balaban J connectivity index is 1.82. The largest absolute Gasteiger partial charge is 0.416 e. The third kappa shape index (κ3) is 4.29. The van der Waals surface area contributed by atoms with Gasteiger partial charge in [-0.05, 0) is 75.8 Å². The lowest BCUT2D eigenvalue weighted by atomic mass is 10.1. The summed E-state index contributed by atoms with van der Waals surface area (Å²) in [5.74, 6) is -0.504. The standard InChI is InChI=1S/C18H11F3INO2S/c19-18(20,21)13-3-1-2-12(8-13)9-15-16(24)23(17(25)26-15)10-11-4-6-14(22)7-5-11/h1-9H,10H2/b15-9-. The summed E-state index contributed by atoms with van der Waals surface area (Å²) in [5, 5.41) is -0.438. The highest BCUT2D eigenvalue weighted by Gasteiger charge is 2.35. The number of carbonyl (C=O) groups is 2. The number of thioether (sulfide) groups is 1. The van der Waals surface area contributed by atoms with Crippen LogP contribution in [-0.2, 0) is 17.5 Å². The van der Waals surface area contributed by atoms with Crippen molar-refractivity contribution in [1.29, 1.82) is 0 Å². The molecule has 1 heterocycles. The Kier molecular flexibility index (Phi) is 5.42. The molecule has 0 atom stereocenters. The molecule has 0 unspecified atom stereocenters. The van der Waals surface area contributed by atoms with Crippen LogP contribution in [0.25, 0.3) is 6.08 Å². The van der Waals surface area contributed by atoms with E-state index < -0.39 is 22.9 Å². The number of amides is 2. The van der Waals surface area contributed by atoms with E-state index in [1.54, 1.807) is 0 Å². The minimum Gasteiger partial charge on any atom is -0.268 e. The fourth-order valence-electron chi connectivity index (χ4n) is 2.36. The van der Waals surface area contributed by atoms with Gasteiger partial charge in [0.05, 0.1) is 17.0 Å². The van der Waals surface area contributed by atoms with Gasteiger partial charge in [-0.25, -0.2) is 0 Å². The Labute approximate surface area is 165 Å². The van der Waals surface area contributed by atoms with Crippen molar-refractivity contribution >= 4 is 51.6 Å². The SMILES string of the molecule is O=C1S/C(=C\c2cccc(C(F)(F)F)c2)C(=O)N1Cc1ccc(I)cc1. The Morgan fingerprint density at radius 3 is 2.42 bits per heavy atom. The molecule has 3 nitrogen and oxygen atoms in total. The molecule has 2 amide bonds. The summed E-state index contributed by atoms with van der Waals surface area (Å²) in [4.78, 5) is 25.8. The lowest BCUT2D eigenvalue weighted by Gasteiger charge is -2.12. The molecule has 0 spiro atoms. The zero-order valence-electron chi connectivity index (χ0n) is 13.1. The smallest absolute Gasteiger partial charge is 0.268 e. The first kappa shape index (κ1) is 19.0. The zero-order valence-corrected chi connectivity index (χ0v) is 16.1. The van der Waals surface area contributed by atoms with E-state index in [0.29, 0.717) is 0 Å². The molecular formula is C18H11F3INO2S. The third-order valence-electron chi connectivity index (χ3n) is 3.64. The topological polar surface area (TPSA) is 37.4 Å². The van der Waals surface area contributed by atoms with Gasteiger partial charge in [-0.2, -0.15) is 13.2 Å². The molecule has 1 fully saturated rings. The predicted octanol–water partition coefficient (Wildman–Crippen LogP) is 5.55. The number of imide groups is 1. The van der Waals surface area contributed by atoms with Gasteiger partial charge in [0.25, 0.3) is 11.1 Å². The van der Waals surface area contributed by atoms with Crippen molar-refractivity contribution in [2.75, 3.05) is 0 Å². The Morgan fingerprint density at radius 1 is 1.08 bits per heavy atom. The van der Waals surface area contributed by atoms with Gasteiger partial charge < -0.3 is 0 Å². The van der Waals surface area contributed by atoms with E-state index in [9.17, 15) is 22.8 Å². The first-order valence-corrected chi connectivity index (χ1v) is 9.30. The number of rotatable bonds is 3. The normalized spacial score (nSPS) is 16.6. The van der Waals surface area contributed by atoms with Gasteiger partial charge in [0.1, 0.15) is 0 Å². The molecule has 3 rings (SSSR count). The molecule has 2 aromatic carbocycles. The van der Waals surface area contributed by atoms with Crippen LogP contribution in [0.3, 0.4) is 0 Å². The van der Waals surface area contributed by atoms with Crippen LogP contribution >= 0.6 is 34.4 Å². The lowest BCUT2D eigenvalue weighted by molar-refractivity contribution is -0.137. The maximum atomic E-state index is 12.8. The average molecular weight is 489 g/mol. The molecule has 2 aromatic rings. The maximum absolute atomic E-state index is 12.8. The van der Waals surface area contributed by atoms with Crippen molar-refractivity contribution in [3.05, 3.63) is 73.7 Å². The van der Waals surface area contributed by atoms with Crippen LogP contribution in [0.2, 0.25) is 0 Å². The molecule has 0 bridgehead atoms. The van der Waals surface area contributed by atoms with Crippen molar-refractivity contribution in [1.82, 2.24) is 4.90 Å². The Bertz CT molecular complexity index is 894.